The SMILES string of the molecule is C=CCC1CCN(Cc2ccccc2)S(=O)(=O)N1. The van der Waals surface area contributed by atoms with E-state index in [4.69, 9.17) is 0 Å². The van der Waals surface area contributed by atoms with Crippen LogP contribution in [0.1, 0.15) is 18.4 Å². The number of benzene rings is 1. The highest BCUT2D eigenvalue weighted by molar-refractivity contribution is 7.87. The zero-order valence-electron chi connectivity index (χ0n) is 10.2. The number of nitrogens with one attached hydrogen (secondary N) is 1. The van der Waals surface area contributed by atoms with Gasteiger partial charge in [-0.1, -0.05) is 36.4 Å². The largest absolute Gasteiger partial charge is 0.280 e. The summed E-state index contributed by atoms with van der Waals surface area (Å²) in [5.74, 6) is 0. The fourth-order valence-electron chi connectivity index (χ4n) is 2.08. The van der Waals surface area contributed by atoms with Gasteiger partial charge in [0, 0.05) is 19.1 Å². The van der Waals surface area contributed by atoms with Crippen LogP contribution in [0.15, 0.2) is 43.0 Å². The lowest BCUT2D eigenvalue weighted by Gasteiger charge is -2.31. The minimum atomic E-state index is -3.36. The Morgan fingerprint density at radius 1 is 1.39 bits per heavy atom. The average molecular weight is 266 g/mol. The summed E-state index contributed by atoms with van der Waals surface area (Å²) in [7, 11) is -3.36. The number of rotatable bonds is 4. The van der Waals surface area contributed by atoms with Gasteiger partial charge in [0.05, 0.1) is 0 Å². The van der Waals surface area contributed by atoms with Crippen molar-refractivity contribution in [2.24, 2.45) is 0 Å². The number of nitrogens with zero attached hydrogens (tertiary/aromatic N) is 1. The lowest BCUT2D eigenvalue weighted by molar-refractivity contribution is 0.335. The van der Waals surface area contributed by atoms with Crippen molar-refractivity contribution < 1.29 is 8.42 Å². The van der Waals surface area contributed by atoms with E-state index < -0.39 is 10.2 Å². The molecule has 0 bridgehead atoms. The minimum absolute atomic E-state index is 0.0143. The first-order valence-electron chi connectivity index (χ1n) is 6.04. The van der Waals surface area contributed by atoms with E-state index in [2.05, 4.69) is 11.3 Å². The Bertz CT molecular complexity index is 499. The smallest absolute Gasteiger partial charge is 0.199 e. The first-order chi connectivity index (χ1) is 8.62. The van der Waals surface area contributed by atoms with Crippen molar-refractivity contribution in [3.63, 3.8) is 0 Å². The monoisotopic (exact) mass is 266 g/mol. The average Bonchev–Trinajstić information content (AvgIpc) is 2.34. The van der Waals surface area contributed by atoms with Gasteiger partial charge in [-0.15, -0.1) is 6.58 Å². The van der Waals surface area contributed by atoms with E-state index >= 15 is 0 Å². The molecule has 0 spiro atoms. The molecule has 0 saturated carbocycles. The van der Waals surface area contributed by atoms with Crippen LogP contribution in [-0.4, -0.2) is 25.3 Å². The summed E-state index contributed by atoms with van der Waals surface area (Å²) in [5, 5.41) is 0. The Hall–Kier alpha value is -1.17. The van der Waals surface area contributed by atoms with Gasteiger partial charge in [0.2, 0.25) is 0 Å². The quantitative estimate of drug-likeness (QED) is 0.843. The summed E-state index contributed by atoms with van der Waals surface area (Å²) >= 11 is 0. The van der Waals surface area contributed by atoms with Crippen LogP contribution < -0.4 is 4.72 Å². The first-order valence-corrected chi connectivity index (χ1v) is 7.48. The normalized spacial score (nSPS) is 23.7. The van der Waals surface area contributed by atoms with E-state index in [0.717, 1.165) is 12.0 Å². The van der Waals surface area contributed by atoms with Crippen molar-refractivity contribution in [3.05, 3.63) is 48.6 Å². The standard InChI is InChI=1S/C13H18N2O2S/c1-2-6-13-9-10-15(18(16,17)14-13)11-12-7-4-3-5-8-12/h2-5,7-8,13-14H,1,6,9-11H2. The third-order valence-corrected chi connectivity index (χ3v) is 4.66. The highest BCUT2D eigenvalue weighted by Gasteiger charge is 2.30. The molecule has 1 saturated heterocycles. The summed E-state index contributed by atoms with van der Waals surface area (Å²) < 4.78 is 28.3. The minimum Gasteiger partial charge on any atom is -0.199 e. The van der Waals surface area contributed by atoms with Crippen molar-refractivity contribution >= 4 is 10.2 Å². The van der Waals surface area contributed by atoms with E-state index in [1.54, 1.807) is 6.08 Å². The van der Waals surface area contributed by atoms with E-state index in [1.807, 2.05) is 30.3 Å². The maximum atomic E-state index is 12.1. The van der Waals surface area contributed by atoms with Crippen LogP contribution in [0.25, 0.3) is 0 Å². The van der Waals surface area contributed by atoms with Gasteiger partial charge < -0.3 is 0 Å². The molecule has 4 nitrogen and oxygen atoms in total. The molecule has 1 unspecified atom stereocenters. The highest BCUT2D eigenvalue weighted by Crippen LogP contribution is 2.16. The van der Waals surface area contributed by atoms with Gasteiger partial charge in [0.15, 0.2) is 0 Å². The fraction of sp³-hybridized carbons (Fsp3) is 0.385. The van der Waals surface area contributed by atoms with Crippen LogP contribution in [0.4, 0.5) is 0 Å². The number of hydrogen-bond donors (Lipinski definition) is 1. The zero-order chi connectivity index (χ0) is 13.0. The molecule has 1 aromatic rings. The molecule has 0 amide bonds. The Kier molecular flexibility index (Phi) is 4.16. The van der Waals surface area contributed by atoms with Crippen molar-refractivity contribution in [1.29, 1.82) is 0 Å². The zero-order valence-corrected chi connectivity index (χ0v) is 11.1. The lowest BCUT2D eigenvalue weighted by Crippen LogP contribution is -2.51. The van der Waals surface area contributed by atoms with Gasteiger partial charge in [-0.2, -0.15) is 17.4 Å². The summed E-state index contributed by atoms with van der Waals surface area (Å²) in [4.78, 5) is 0. The maximum absolute atomic E-state index is 12.1. The third kappa shape index (κ3) is 3.19. The third-order valence-electron chi connectivity index (χ3n) is 3.04. The van der Waals surface area contributed by atoms with Crippen molar-refractivity contribution in [3.8, 4) is 0 Å². The number of hydrogen-bond acceptors (Lipinski definition) is 2. The highest BCUT2D eigenvalue weighted by atomic mass is 32.2. The molecule has 5 heteroatoms. The van der Waals surface area contributed by atoms with Gasteiger partial charge >= 0.3 is 0 Å². The molecule has 1 fully saturated rings. The van der Waals surface area contributed by atoms with Gasteiger partial charge in [0.1, 0.15) is 0 Å². The molecule has 1 N–H and O–H groups in total. The van der Waals surface area contributed by atoms with E-state index in [1.165, 1.54) is 4.31 Å². The van der Waals surface area contributed by atoms with Crippen LogP contribution in [0.3, 0.4) is 0 Å². The summed E-state index contributed by atoms with van der Waals surface area (Å²) in [6.07, 6.45) is 3.25. The molecule has 1 aliphatic rings. The molecule has 1 atom stereocenters. The van der Waals surface area contributed by atoms with Gasteiger partial charge in [0.25, 0.3) is 10.2 Å². The Morgan fingerprint density at radius 3 is 2.72 bits per heavy atom. The molecule has 98 valence electrons. The molecule has 0 aromatic heterocycles. The molecule has 0 aliphatic carbocycles. The Morgan fingerprint density at radius 2 is 2.11 bits per heavy atom. The molecule has 1 aliphatic heterocycles. The van der Waals surface area contributed by atoms with Gasteiger partial charge in [-0.3, -0.25) is 0 Å². The van der Waals surface area contributed by atoms with Crippen LogP contribution in [0.5, 0.6) is 0 Å². The fourth-order valence-corrected chi connectivity index (χ4v) is 3.53. The maximum Gasteiger partial charge on any atom is 0.280 e. The second-order valence-electron chi connectivity index (χ2n) is 4.45. The van der Waals surface area contributed by atoms with Crippen LogP contribution in [-0.2, 0) is 16.8 Å². The van der Waals surface area contributed by atoms with Crippen LogP contribution in [0.2, 0.25) is 0 Å². The van der Waals surface area contributed by atoms with Crippen molar-refractivity contribution in [2.75, 3.05) is 6.54 Å². The Labute approximate surface area is 108 Å². The predicted molar refractivity (Wildman–Crippen MR) is 72.1 cm³/mol. The van der Waals surface area contributed by atoms with Crippen LogP contribution >= 0.6 is 0 Å². The van der Waals surface area contributed by atoms with Crippen LogP contribution in [0, 0.1) is 0 Å². The molecule has 1 heterocycles. The van der Waals surface area contributed by atoms with E-state index in [-0.39, 0.29) is 6.04 Å². The second kappa shape index (κ2) is 5.65. The topological polar surface area (TPSA) is 49.4 Å². The second-order valence-corrected chi connectivity index (χ2v) is 6.15. The van der Waals surface area contributed by atoms with E-state index in [9.17, 15) is 8.42 Å². The first kappa shape index (κ1) is 13.3. The van der Waals surface area contributed by atoms with Crippen molar-refractivity contribution in [2.45, 2.75) is 25.4 Å². The van der Waals surface area contributed by atoms with E-state index in [0.29, 0.717) is 19.5 Å². The summed E-state index contributed by atoms with van der Waals surface area (Å²) in [5.41, 5.74) is 1.00. The lowest BCUT2D eigenvalue weighted by atomic mass is 10.1. The van der Waals surface area contributed by atoms with Gasteiger partial charge in [-0.25, -0.2) is 0 Å². The predicted octanol–water partition coefficient (Wildman–Crippen LogP) is 1.67. The van der Waals surface area contributed by atoms with Gasteiger partial charge in [-0.05, 0) is 18.4 Å². The molecule has 18 heavy (non-hydrogen) atoms. The summed E-state index contributed by atoms with van der Waals surface area (Å²) in [6.45, 7) is 4.63. The molecular formula is C13H18N2O2S. The van der Waals surface area contributed by atoms with Crippen molar-refractivity contribution in [1.82, 2.24) is 9.03 Å². The summed E-state index contributed by atoms with van der Waals surface area (Å²) in [6, 6.07) is 9.61. The molecule has 1 aromatic carbocycles. The molecule has 0 radical (unpaired) electrons. The molecular weight excluding hydrogens is 248 g/mol. The Balaban J connectivity index is 2.05. The molecule has 2 rings (SSSR count).